The van der Waals surface area contributed by atoms with Crippen LogP contribution in [0.1, 0.15) is 24.2 Å². The van der Waals surface area contributed by atoms with E-state index in [4.69, 9.17) is 9.84 Å². The lowest BCUT2D eigenvalue weighted by atomic mass is 10.1. The van der Waals surface area contributed by atoms with Crippen LogP contribution in [0.4, 0.5) is 0 Å². The molecule has 0 aromatic carbocycles. The van der Waals surface area contributed by atoms with Crippen molar-refractivity contribution in [2.75, 3.05) is 20.7 Å². The van der Waals surface area contributed by atoms with E-state index in [9.17, 15) is 4.79 Å². The molecule has 5 nitrogen and oxygen atoms in total. The highest BCUT2D eigenvalue weighted by molar-refractivity contribution is 5.87. The van der Waals surface area contributed by atoms with Gasteiger partial charge in [-0.3, -0.25) is 0 Å². The average molecular weight is 238 g/mol. The van der Waals surface area contributed by atoms with E-state index in [-0.39, 0.29) is 11.1 Å². The zero-order valence-corrected chi connectivity index (χ0v) is 10.6. The fourth-order valence-electron chi connectivity index (χ4n) is 0.972. The summed E-state index contributed by atoms with van der Waals surface area (Å²) >= 11 is 0. The zero-order valence-electron chi connectivity index (χ0n) is 10.6. The van der Waals surface area contributed by atoms with E-state index in [1.54, 1.807) is 6.07 Å². The number of rotatable bonds is 5. The minimum absolute atomic E-state index is 0.104. The second kappa shape index (κ2) is 5.14. The quantitative estimate of drug-likeness (QED) is 0.842. The number of likely N-dealkylation sites (N-methyl/N-ethyl adjacent to an activating group) is 1. The van der Waals surface area contributed by atoms with E-state index in [1.165, 1.54) is 12.3 Å². The second-order valence-electron chi connectivity index (χ2n) is 4.69. The number of hydrogen-bond donors (Lipinski definition) is 1. The Morgan fingerprint density at radius 2 is 2.12 bits per heavy atom. The van der Waals surface area contributed by atoms with Crippen molar-refractivity contribution in [2.45, 2.75) is 19.4 Å². The van der Waals surface area contributed by atoms with E-state index in [0.717, 1.165) is 0 Å². The van der Waals surface area contributed by atoms with Crippen molar-refractivity contribution < 1.29 is 14.6 Å². The summed E-state index contributed by atoms with van der Waals surface area (Å²) in [5, 5.41) is 8.72. The SMILES string of the molecule is CN(C)C(C)(C)COc1ccc(C(=O)O)cn1. The topological polar surface area (TPSA) is 62.7 Å². The Labute approximate surface area is 101 Å². The van der Waals surface area contributed by atoms with Crippen molar-refractivity contribution in [1.29, 1.82) is 0 Å². The largest absolute Gasteiger partial charge is 0.478 e. The van der Waals surface area contributed by atoms with Crippen molar-refractivity contribution in [1.82, 2.24) is 9.88 Å². The molecule has 94 valence electrons. The van der Waals surface area contributed by atoms with Crippen molar-refractivity contribution in [3.05, 3.63) is 23.9 Å². The predicted molar refractivity (Wildman–Crippen MR) is 64.5 cm³/mol. The monoisotopic (exact) mass is 238 g/mol. The lowest BCUT2D eigenvalue weighted by Gasteiger charge is -2.31. The molecule has 5 heteroatoms. The Bertz CT molecular complexity index is 385. The van der Waals surface area contributed by atoms with Crippen LogP contribution in [0, 0.1) is 0 Å². The summed E-state index contributed by atoms with van der Waals surface area (Å²) in [6.45, 7) is 4.59. The number of aromatic carboxylic acids is 1. The van der Waals surface area contributed by atoms with Gasteiger partial charge in [0.15, 0.2) is 0 Å². The van der Waals surface area contributed by atoms with Crippen molar-refractivity contribution in [2.24, 2.45) is 0 Å². The number of pyridine rings is 1. The van der Waals surface area contributed by atoms with E-state index in [0.29, 0.717) is 12.5 Å². The van der Waals surface area contributed by atoms with Crippen LogP contribution in [0.3, 0.4) is 0 Å². The minimum Gasteiger partial charge on any atom is -0.478 e. The van der Waals surface area contributed by atoms with Gasteiger partial charge in [-0.1, -0.05) is 0 Å². The Hall–Kier alpha value is -1.62. The third kappa shape index (κ3) is 3.71. The van der Waals surface area contributed by atoms with Crippen LogP contribution in [-0.2, 0) is 0 Å². The lowest BCUT2D eigenvalue weighted by molar-refractivity contribution is 0.0696. The molecule has 0 saturated carbocycles. The molecule has 0 radical (unpaired) electrons. The average Bonchev–Trinajstić information content (AvgIpc) is 2.27. The number of nitrogens with zero attached hydrogens (tertiary/aromatic N) is 2. The first-order valence-corrected chi connectivity index (χ1v) is 5.32. The maximum atomic E-state index is 10.6. The van der Waals surface area contributed by atoms with Crippen molar-refractivity contribution >= 4 is 5.97 Å². The molecule has 0 fully saturated rings. The van der Waals surface area contributed by atoms with Crippen LogP contribution in [0.5, 0.6) is 5.88 Å². The molecule has 0 aliphatic rings. The van der Waals surface area contributed by atoms with Crippen LogP contribution in [0.2, 0.25) is 0 Å². The Morgan fingerprint density at radius 1 is 1.47 bits per heavy atom. The van der Waals surface area contributed by atoms with Gasteiger partial charge < -0.3 is 14.7 Å². The standard InChI is InChI=1S/C12H18N2O3/c1-12(2,14(3)4)8-17-10-6-5-9(7-13-10)11(15)16/h5-7H,8H2,1-4H3,(H,15,16). The first-order chi connectivity index (χ1) is 7.83. The predicted octanol–water partition coefficient (Wildman–Crippen LogP) is 1.50. The van der Waals surface area contributed by atoms with Gasteiger partial charge in [0.1, 0.15) is 6.61 Å². The summed E-state index contributed by atoms with van der Waals surface area (Å²) in [6.07, 6.45) is 1.29. The fraction of sp³-hybridized carbons (Fsp3) is 0.500. The first kappa shape index (κ1) is 13.4. The summed E-state index contributed by atoms with van der Waals surface area (Å²) in [5.41, 5.74) is 0.0527. The molecule has 0 aliphatic heterocycles. The number of hydrogen-bond acceptors (Lipinski definition) is 4. The van der Waals surface area contributed by atoms with Gasteiger partial charge in [-0.2, -0.15) is 0 Å². The summed E-state index contributed by atoms with van der Waals surface area (Å²) in [4.78, 5) is 16.6. The highest BCUT2D eigenvalue weighted by Crippen LogP contribution is 2.14. The molecular formula is C12H18N2O3. The molecule has 0 amide bonds. The normalized spacial score (nSPS) is 11.6. The molecule has 1 aromatic heterocycles. The van der Waals surface area contributed by atoms with Gasteiger partial charge in [0, 0.05) is 17.8 Å². The van der Waals surface area contributed by atoms with E-state index in [2.05, 4.69) is 23.7 Å². The van der Waals surface area contributed by atoms with Crippen molar-refractivity contribution in [3.63, 3.8) is 0 Å². The van der Waals surface area contributed by atoms with Crippen LogP contribution in [0.15, 0.2) is 18.3 Å². The smallest absolute Gasteiger partial charge is 0.337 e. The molecule has 1 heterocycles. The zero-order chi connectivity index (χ0) is 13.1. The third-order valence-electron chi connectivity index (χ3n) is 2.77. The fourth-order valence-corrected chi connectivity index (χ4v) is 0.972. The highest BCUT2D eigenvalue weighted by Gasteiger charge is 2.21. The van der Waals surface area contributed by atoms with Crippen LogP contribution in [-0.4, -0.2) is 47.2 Å². The number of aromatic nitrogens is 1. The third-order valence-corrected chi connectivity index (χ3v) is 2.77. The Balaban J connectivity index is 2.62. The van der Waals surface area contributed by atoms with Gasteiger partial charge in [0.25, 0.3) is 0 Å². The van der Waals surface area contributed by atoms with E-state index < -0.39 is 5.97 Å². The van der Waals surface area contributed by atoms with Gasteiger partial charge in [-0.25, -0.2) is 9.78 Å². The van der Waals surface area contributed by atoms with Crippen molar-refractivity contribution in [3.8, 4) is 5.88 Å². The Morgan fingerprint density at radius 3 is 2.53 bits per heavy atom. The molecule has 0 spiro atoms. The number of carboxylic acids is 1. The number of carboxylic acid groups (broad SMARTS) is 1. The van der Waals surface area contributed by atoms with E-state index in [1.807, 2.05) is 14.1 Å². The summed E-state index contributed by atoms with van der Waals surface area (Å²) in [6, 6.07) is 3.04. The summed E-state index contributed by atoms with van der Waals surface area (Å²) in [5.74, 6) is -0.553. The van der Waals surface area contributed by atoms with Crippen LogP contribution in [0.25, 0.3) is 0 Å². The summed E-state index contributed by atoms with van der Waals surface area (Å²) in [7, 11) is 3.95. The van der Waals surface area contributed by atoms with Gasteiger partial charge in [-0.15, -0.1) is 0 Å². The molecule has 1 N–H and O–H groups in total. The second-order valence-corrected chi connectivity index (χ2v) is 4.69. The summed E-state index contributed by atoms with van der Waals surface area (Å²) < 4.78 is 5.52. The molecule has 0 unspecified atom stereocenters. The van der Waals surface area contributed by atoms with E-state index >= 15 is 0 Å². The molecule has 1 aromatic rings. The molecule has 17 heavy (non-hydrogen) atoms. The molecule has 0 saturated heterocycles. The number of ether oxygens (including phenoxy) is 1. The molecule has 1 rings (SSSR count). The van der Waals surface area contributed by atoms with Crippen LogP contribution < -0.4 is 4.74 Å². The van der Waals surface area contributed by atoms with Crippen LogP contribution >= 0.6 is 0 Å². The van der Waals surface area contributed by atoms with Gasteiger partial charge in [0.2, 0.25) is 5.88 Å². The molecule has 0 aliphatic carbocycles. The van der Waals surface area contributed by atoms with Gasteiger partial charge in [0.05, 0.1) is 5.56 Å². The Kier molecular flexibility index (Phi) is 4.07. The minimum atomic E-state index is -0.988. The maximum absolute atomic E-state index is 10.6. The first-order valence-electron chi connectivity index (χ1n) is 5.32. The maximum Gasteiger partial charge on any atom is 0.337 e. The number of carbonyl (C=O) groups is 1. The molecule has 0 atom stereocenters. The van der Waals surface area contributed by atoms with Gasteiger partial charge in [-0.05, 0) is 34.0 Å². The lowest BCUT2D eigenvalue weighted by Crippen LogP contribution is -2.43. The highest BCUT2D eigenvalue weighted by atomic mass is 16.5. The van der Waals surface area contributed by atoms with Gasteiger partial charge >= 0.3 is 5.97 Å². The molecule has 0 bridgehead atoms. The molecular weight excluding hydrogens is 220 g/mol.